The van der Waals surface area contributed by atoms with Crippen molar-refractivity contribution in [2.75, 3.05) is 25.1 Å². The highest BCUT2D eigenvalue weighted by Crippen LogP contribution is 2.32. The highest BCUT2D eigenvalue weighted by molar-refractivity contribution is 7.90. The van der Waals surface area contributed by atoms with E-state index in [4.69, 9.17) is 0 Å². The van der Waals surface area contributed by atoms with Crippen LogP contribution in [0.3, 0.4) is 0 Å². The molecule has 13 heavy (non-hydrogen) atoms. The van der Waals surface area contributed by atoms with Crippen molar-refractivity contribution >= 4 is 9.84 Å². The topological polar surface area (TPSA) is 37.4 Å². The number of hydrogen-bond donors (Lipinski definition) is 0. The fourth-order valence-electron chi connectivity index (χ4n) is 2.02. The van der Waals surface area contributed by atoms with Gasteiger partial charge in [0.25, 0.3) is 0 Å². The first-order valence-electron chi connectivity index (χ1n) is 4.64. The molecule has 1 heterocycles. The molecule has 0 aliphatic carbocycles. The maximum atomic E-state index is 11.1. The van der Waals surface area contributed by atoms with Crippen LogP contribution in [-0.2, 0) is 9.84 Å². The molecule has 78 valence electrons. The lowest BCUT2D eigenvalue weighted by molar-refractivity contribution is 0.00819. The molecule has 0 atom stereocenters. The minimum absolute atomic E-state index is 0.00213. The first-order valence-corrected chi connectivity index (χ1v) is 6.70. The summed E-state index contributed by atoms with van der Waals surface area (Å²) in [5, 5.41) is 0. The second-order valence-corrected chi connectivity index (χ2v) is 7.02. The zero-order chi connectivity index (χ0) is 10.3. The minimum atomic E-state index is -2.82. The van der Waals surface area contributed by atoms with Crippen molar-refractivity contribution in [1.82, 2.24) is 4.90 Å². The van der Waals surface area contributed by atoms with E-state index in [1.54, 1.807) is 0 Å². The zero-order valence-electron chi connectivity index (χ0n) is 8.87. The van der Waals surface area contributed by atoms with Gasteiger partial charge in [0.05, 0.1) is 5.75 Å². The average Bonchev–Trinajstić information content (AvgIpc) is 1.77. The molecule has 0 amide bonds. The summed E-state index contributed by atoms with van der Waals surface area (Å²) < 4.78 is 22.2. The smallest absolute Gasteiger partial charge is 0.148 e. The van der Waals surface area contributed by atoms with E-state index in [2.05, 4.69) is 18.7 Å². The first-order chi connectivity index (χ1) is 5.72. The number of hydrogen-bond acceptors (Lipinski definition) is 3. The quantitative estimate of drug-likeness (QED) is 0.682. The minimum Gasteiger partial charge on any atom is -0.300 e. The normalized spacial score (nSPS) is 23.2. The Morgan fingerprint density at radius 3 is 2.15 bits per heavy atom. The van der Waals surface area contributed by atoms with Gasteiger partial charge in [-0.1, -0.05) is 6.92 Å². The molecule has 1 saturated heterocycles. The van der Waals surface area contributed by atoms with Crippen LogP contribution in [0, 0.1) is 5.41 Å². The van der Waals surface area contributed by atoms with Crippen molar-refractivity contribution in [3.63, 3.8) is 0 Å². The molecule has 0 radical (unpaired) electrons. The van der Waals surface area contributed by atoms with Crippen molar-refractivity contribution in [3.8, 4) is 0 Å². The van der Waals surface area contributed by atoms with Crippen LogP contribution in [0.15, 0.2) is 0 Å². The standard InChI is InChI=1S/C9H19NO2S/c1-8(2)10-5-9(3,6-10)7-13(4,11)12/h8H,5-7H2,1-4H3. The van der Waals surface area contributed by atoms with Gasteiger partial charge in [-0.05, 0) is 13.8 Å². The molecule has 1 aliphatic rings. The van der Waals surface area contributed by atoms with Crippen LogP contribution in [0.1, 0.15) is 20.8 Å². The molecular formula is C9H19NO2S. The third kappa shape index (κ3) is 2.95. The Hall–Kier alpha value is -0.0900. The Balaban J connectivity index is 2.48. The molecule has 4 heteroatoms. The van der Waals surface area contributed by atoms with Gasteiger partial charge in [0.1, 0.15) is 9.84 Å². The second kappa shape index (κ2) is 3.24. The average molecular weight is 205 g/mol. The number of nitrogens with zero attached hydrogens (tertiary/aromatic N) is 1. The number of likely N-dealkylation sites (tertiary alicyclic amines) is 1. The van der Waals surface area contributed by atoms with E-state index >= 15 is 0 Å². The maximum Gasteiger partial charge on any atom is 0.148 e. The third-order valence-corrected chi connectivity index (χ3v) is 3.73. The van der Waals surface area contributed by atoms with Crippen molar-refractivity contribution in [2.24, 2.45) is 5.41 Å². The molecule has 0 bridgehead atoms. The van der Waals surface area contributed by atoms with Crippen molar-refractivity contribution in [2.45, 2.75) is 26.8 Å². The van der Waals surface area contributed by atoms with Crippen LogP contribution in [-0.4, -0.2) is 44.5 Å². The summed E-state index contributed by atoms with van der Waals surface area (Å²) in [6.07, 6.45) is 1.32. The molecule has 0 aromatic heterocycles. The van der Waals surface area contributed by atoms with Gasteiger partial charge < -0.3 is 0 Å². The van der Waals surface area contributed by atoms with E-state index in [0.717, 1.165) is 13.1 Å². The highest BCUT2D eigenvalue weighted by Gasteiger charge is 2.41. The third-order valence-electron chi connectivity index (χ3n) is 2.51. The van der Waals surface area contributed by atoms with Gasteiger partial charge in [-0.2, -0.15) is 0 Å². The predicted molar refractivity (Wildman–Crippen MR) is 54.5 cm³/mol. The van der Waals surface area contributed by atoms with Gasteiger partial charge in [0, 0.05) is 30.8 Å². The van der Waals surface area contributed by atoms with Crippen LogP contribution < -0.4 is 0 Å². The summed E-state index contributed by atoms with van der Waals surface area (Å²) in [4.78, 5) is 2.30. The van der Waals surface area contributed by atoms with Gasteiger partial charge in [-0.15, -0.1) is 0 Å². The monoisotopic (exact) mass is 205 g/mol. The van der Waals surface area contributed by atoms with Crippen molar-refractivity contribution in [3.05, 3.63) is 0 Å². The molecule has 0 unspecified atom stereocenters. The predicted octanol–water partition coefficient (Wildman–Crippen LogP) is 0.761. The van der Waals surface area contributed by atoms with E-state index < -0.39 is 9.84 Å². The second-order valence-electron chi connectivity index (χ2n) is 4.88. The molecule has 0 aromatic rings. The van der Waals surface area contributed by atoms with Gasteiger partial charge in [-0.25, -0.2) is 8.42 Å². The Morgan fingerprint density at radius 2 is 1.85 bits per heavy atom. The van der Waals surface area contributed by atoms with E-state index in [-0.39, 0.29) is 5.41 Å². The van der Waals surface area contributed by atoms with Crippen LogP contribution in [0.2, 0.25) is 0 Å². The van der Waals surface area contributed by atoms with Gasteiger partial charge >= 0.3 is 0 Å². The molecule has 1 rings (SSSR count). The number of sulfone groups is 1. The van der Waals surface area contributed by atoms with E-state index in [9.17, 15) is 8.42 Å². The largest absolute Gasteiger partial charge is 0.300 e. The lowest BCUT2D eigenvalue weighted by atomic mass is 9.83. The van der Waals surface area contributed by atoms with Crippen LogP contribution >= 0.6 is 0 Å². The molecule has 3 nitrogen and oxygen atoms in total. The van der Waals surface area contributed by atoms with Crippen molar-refractivity contribution in [1.29, 1.82) is 0 Å². The van der Waals surface area contributed by atoms with E-state index in [0.29, 0.717) is 11.8 Å². The van der Waals surface area contributed by atoms with Crippen LogP contribution in [0.5, 0.6) is 0 Å². The highest BCUT2D eigenvalue weighted by atomic mass is 32.2. The van der Waals surface area contributed by atoms with Crippen LogP contribution in [0.4, 0.5) is 0 Å². The summed E-state index contributed by atoms with van der Waals surface area (Å²) in [7, 11) is -2.82. The first kappa shape index (κ1) is 11.0. The Bertz CT molecular complexity index is 276. The SMILES string of the molecule is CC(C)N1CC(C)(CS(C)(=O)=O)C1. The summed E-state index contributed by atoms with van der Waals surface area (Å²) in [5.41, 5.74) is -0.00213. The van der Waals surface area contributed by atoms with E-state index in [1.807, 2.05) is 6.92 Å². The molecule has 1 aliphatic heterocycles. The summed E-state index contributed by atoms with van der Waals surface area (Å²) >= 11 is 0. The number of rotatable bonds is 3. The summed E-state index contributed by atoms with van der Waals surface area (Å²) in [6.45, 7) is 8.16. The molecule has 1 fully saturated rings. The Labute approximate surface area is 81.0 Å². The molecule has 0 N–H and O–H groups in total. The summed E-state index contributed by atoms with van der Waals surface area (Å²) in [5.74, 6) is 0.323. The van der Waals surface area contributed by atoms with Gasteiger partial charge in [-0.3, -0.25) is 4.90 Å². The maximum absolute atomic E-state index is 11.1. The fraction of sp³-hybridized carbons (Fsp3) is 1.00. The lowest BCUT2D eigenvalue weighted by Crippen LogP contribution is -2.59. The van der Waals surface area contributed by atoms with Crippen molar-refractivity contribution < 1.29 is 8.42 Å². The molecule has 0 spiro atoms. The zero-order valence-corrected chi connectivity index (χ0v) is 9.69. The molecular weight excluding hydrogens is 186 g/mol. The fourth-order valence-corrected chi connectivity index (χ4v) is 3.47. The summed E-state index contributed by atoms with van der Waals surface area (Å²) in [6, 6.07) is 0.535. The Morgan fingerprint density at radius 1 is 1.38 bits per heavy atom. The lowest BCUT2D eigenvalue weighted by Gasteiger charge is -2.50. The van der Waals surface area contributed by atoms with Crippen LogP contribution in [0.25, 0.3) is 0 Å². The van der Waals surface area contributed by atoms with Gasteiger partial charge in [0.15, 0.2) is 0 Å². The Kier molecular flexibility index (Phi) is 2.74. The molecule has 0 saturated carbocycles. The molecule has 0 aromatic carbocycles. The van der Waals surface area contributed by atoms with Gasteiger partial charge in [0.2, 0.25) is 0 Å². The van der Waals surface area contributed by atoms with E-state index in [1.165, 1.54) is 6.26 Å².